The largest absolute Gasteiger partial charge is 1.00 e. The van der Waals surface area contributed by atoms with Crippen molar-refractivity contribution in [2.24, 2.45) is 0 Å². The summed E-state index contributed by atoms with van der Waals surface area (Å²) in [6.45, 7) is 0. The van der Waals surface area contributed by atoms with Crippen molar-refractivity contribution in [2.45, 2.75) is 0 Å². The van der Waals surface area contributed by atoms with Gasteiger partial charge in [0.15, 0.2) is 28.8 Å². The molecular formula is C19H18NNaO9S. The average molecular weight is 459 g/mol. The Bertz CT molecular complexity index is 1140. The van der Waals surface area contributed by atoms with Gasteiger partial charge in [0, 0.05) is 11.1 Å². The van der Waals surface area contributed by atoms with Crippen LogP contribution in [-0.2, 0) is 10.4 Å². The molecule has 0 saturated heterocycles. The molecular weight excluding hydrogens is 441 g/mol. The molecule has 0 spiro atoms. The van der Waals surface area contributed by atoms with E-state index in [4.69, 9.17) is 23.5 Å². The second-order valence-corrected chi connectivity index (χ2v) is 6.82. The summed E-state index contributed by atoms with van der Waals surface area (Å²) in [5.74, 6) is 1.38. The van der Waals surface area contributed by atoms with E-state index in [9.17, 15) is 13.0 Å². The minimum absolute atomic E-state index is 0. The van der Waals surface area contributed by atoms with Crippen LogP contribution in [0.4, 0.5) is 0 Å². The molecule has 0 saturated carbocycles. The Morgan fingerprint density at radius 3 is 1.94 bits per heavy atom. The van der Waals surface area contributed by atoms with Crippen molar-refractivity contribution in [3.05, 3.63) is 36.5 Å². The monoisotopic (exact) mass is 459 g/mol. The second kappa shape index (κ2) is 10.2. The number of methoxy groups -OCH3 is 4. The van der Waals surface area contributed by atoms with Crippen LogP contribution in [-0.4, -0.2) is 46.6 Å². The first kappa shape index (κ1) is 24.8. The zero-order valence-electron chi connectivity index (χ0n) is 17.5. The molecule has 3 aromatic rings. The second-order valence-electron chi connectivity index (χ2n) is 5.84. The van der Waals surface area contributed by atoms with E-state index in [1.54, 1.807) is 18.2 Å². The van der Waals surface area contributed by atoms with Crippen molar-refractivity contribution in [1.82, 2.24) is 5.16 Å². The van der Waals surface area contributed by atoms with E-state index in [0.29, 0.717) is 39.7 Å². The summed E-state index contributed by atoms with van der Waals surface area (Å²) in [7, 11) is 0.779. The van der Waals surface area contributed by atoms with E-state index < -0.39 is 10.4 Å². The molecule has 10 nitrogen and oxygen atoms in total. The zero-order chi connectivity index (χ0) is 21.9. The van der Waals surface area contributed by atoms with Crippen LogP contribution in [0.2, 0.25) is 0 Å². The van der Waals surface area contributed by atoms with Gasteiger partial charge in [-0.05, 0) is 29.8 Å². The molecule has 0 unspecified atom stereocenters. The molecule has 0 aliphatic rings. The quantitative estimate of drug-likeness (QED) is 0.255. The molecule has 0 aliphatic carbocycles. The van der Waals surface area contributed by atoms with E-state index in [2.05, 4.69) is 9.34 Å². The third kappa shape index (κ3) is 5.43. The Morgan fingerprint density at radius 1 is 0.839 bits per heavy atom. The Morgan fingerprint density at radius 2 is 1.42 bits per heavy atom. The van der Waals surface area contributed by atoms with Crippen LogP contribution in [0.3, 0.4) is 0 Å². The predicted molar refractivity (Wildman–Crippen MR) is 104 cm³/mol. The van der Waals surface area contributed by atoms with E-state index in [-0.39, 0.29) is 41.1 Å². The van der Waals surface area contributed by atoms with Gasteiger partial charge in [-0.15, -0.1) is 0 Å². The van der Waals surface area contributed by atoms with Gasteiger partial charge in [0.25, 0.3) is 10.4 Å². The maximum Gasteiger partial charge on any atom is 1.00 e. The molecule has 0 fully saturated rings. The van der Waals surface area contributed by atoms with Crippen molar-refractivity contribution in [2.75, 3.05) is 28.4 Å². The minimum atomic E-state index is -5.00. The standard InChI is InChI=1S/C19H19NO9S.Na/c1-24-14-6-5-11(7-15(14)29-30(21,22)23)13-10-20-28-18(13)12-8-16(25-2)19(27-4)17(9-12)26-3;/h5-10H,1-4H3,(H,21,22,23);/q;+1/p-1. The molecule has 12 heteroatoms. The normalized spacial score (nSPS) is 10.7. The van der Waals surface area contributed by atoms with Crippen molar-refractivity contribution in [3.8, 4) is 51.2 Å². The zero-order valence-corrected chi connectivity index (χ0v) is 20.3. The SMILES string of the molecule is COc1ccc(-c2cnoc2-c2cc(OC)c(OC)c(OC)c2)cc1OS(=O)(=O)[O-].[Na+]. The van der Waals surface area contributed by atoms with Gasteiger partial charge in [-0.1, -0.05) is 11.2 Å². The number of nitrogens with zero attached hydrogens (tertiary/aromatic N) is 1. The fraction of sp³-hybridized carbons (Fsp3) is 0.211. The number of rotatable bonds is 8. The first-order valence-corrected chi connectivity index (χ1v) is 9.73. The molecule has 3 rings (SSSR count). The van der Waals surface area contributed by atoms with Gasteiger partial charge in [-0.25, -0.2) is 8.42 Å². The van der Waals surface area contributed by atoms with E-state index in [0.717, 1.165) is 0 Å². The van der Waals surface area contributed by atoms with Crippen LogP contribution in [0, 0.1) is 0 Å². The summed E-state index contributed by atoms with van der Waals surface area (Å²) in [4.78, 5) is 0. The Balaban J connectivity index is 0.00000341. The van der Waals surface area contributed by atoms with E-state index in [1.165, 1.54) is 46.8 Å². The predicted octanol–water partition coefficient (Wildman–Crippen LogP) is -0.114. The number of hydrogen-bond donors (Lipinski definition) is 0. The molecule has 160 valence electrons. The van der Waals surface area contributed by atoms with Crippen molar-refractivity contribution in [1.29, 1.82) is 0 Å². The number of aromatic nitrogens is 1. The van der Waals surface area contributed by atoms with Gasteiger partial charge >= 0.3 is 29.6 Å². The van der Waals surface area contributed by atoms with Gasteiger partial charge < -0.3 is 32.2 Å². The molecule has 31 heavy (non-hydrogen) atoms. The summed E-state index contributed by atoms with van der Waals surface area (Å²) in [5.41, 5.74) is 1.53. The van der Waals surface area contributed by atoms with Crippen LogP contribution >= 0.6 is 0 Å². The van der Waals surface area contributed by atoms with Gasteiger partial charge in [0.2, 0.25) is 5.75 Å². The topological polar surface area (TPSA) is 129 Å². The van der Waals surface area contributed by atoms with Crippen molar-refractivity contribution in [3.63, 3.8) is 0 Å². The Kier molecular flexibility index (Phi) is 8.21. The molecule has 2 aromatic carbocycles. The summed E-state index contributed by atoms with van der Waals surface area (Å²) < 4.78 is 64.2. The molecule has 1 heterocycles. The van der Waals surface area contributed by atoms with Crippen LogP contribution in [0.1, 0.15) is 0 Å². The van der Waals surface area contributed by atoms with Gasteiger partial charge in [-0.2, -0.15) is 0 Å². The third-order valence-corrected chi connectivity index (χ3v) is 4.55. The molecule has 0 atom stereocenters. The Labute approximate surface area is 201 Å². The van der Waals surface area contributed by atoms with Gasteiger partial charge in [-0.3, -0.25) is 0 Å². The first-order valence-electron chi connectivity index (χ1n) is 8.40. The average Bonchev–Trinajstić information content (AvgIpc) is 3.21. The smallest absolute Gasteiger partial charge is 0.716 e. The molecule has 0 amide bonds. The van der Waals surface area contributed by atoms with Gasteiger partial charge in [0.1, 0.15) is 0 Å². The first-order chi connectivity index (χ1) is 14.3. The van der Waals surface area contributed by atoms with E-state index >= 15 is 0 Å². The fourth-order valence-electron chi connectivity index (χ4n) is 2.88. The van der Waals surface area contributed by atoms with Crippen molar-refractivity contribution >= 4 is 10.4 Å². The van der Waals surface area contributed by atoms with Crippen LogP contribution in [0.5, 0.6) is 28.7 Å². The summed E-state index contributed by atoms with van der Waals surface area (Å²) in [6, 6.07) is 7.78. The maximum absolute atomic E-state index is 11.1. The third-order valence-electron chi connectivity index (χ3n) is 4.16. The summed E-state index contributed by atoms with van der Waals surface area (Å²) in [5, 5.41) is 3.84. The maximum atomic E-state index is 11.1. The fourth-order valence-corrected chi connectivity index (χ4v) is 3.24. The number of ether oxygens (including phenoxy) is 4. The summed E-state index contributed by atoms with van der Waals surface area (Å²) in [6.07, 6.45) is 1.44. The van der Waals surface area contributed by atoms with Crippen LogP contribution < -0.4 is 52.7 Å². The van der Waals surface area contributed by atoms with Crippen molar-refractivity contribution < 1.29 is 70.2 Å². The molecule has 0 radical (unpaired) electrons. The number of hydrogen-bond acceptors (Lipinski definition) is 10. The van der Waals surface area contributed by atoms with Crippen LogP contribution in [0.15, 0.2) is 41.1 Å². The van der Waals surface area contributed by atoms with Gasteiger partial charge in [0.05, 0.1) is 34.6 Å². The summed E-state index contributed by atoms with van der Waals surface area (Å²) >= 11 is 0. The minimum Gasteiger partial charge on any atom is -0.716 e. The van der Waals surface area contributed by atoms with Crippen LogP contribution in [0.25, 0.3) is 22.5 Å². The molecule has 1 aromatic heterocycles. The Hall–Kier alpha value is -2.44. The molecule has 0 bridgehead atoms. The molecule has 0 aliphatic heterocycles. The molecule has 0 N–H and O–H groups in total. The van der Waals surface area contributed by atoms with E-state index in [1.807, 2.05) is 0 Å². The number of benzene rings is 2.